The Balaban J connectivity index is 3.03. The van der Waals surface area contributed by atoms with Gasteiger partial charge in [-0.1, -0.05) is 30.3 Å². The molecule has 60 valence electrons. The maximum absolute atomic E-state index is 9.89. The lowest BCUT2D eigenvalue weighted by atomic mass is 10.2. The minimum Gasteiger partial charge on any atom is -0.211 e. The third-order valence-electron chi connectivity index (χ3n) is 1.34. The lowest BCUT2D eigenvalue weighted by Crippen LogP contribution is -1.77. The van der Waals surface area contributed by atoms with Crippen molar-refractivity contribution in [2.45, 2.75) is 0 Å². The molecule has 0 amide bonds. The molecule has 12 heavy (non-hydrogen) atoms. The van der Waals surface area contributed by atoms with E-state index in [1.807, 2.05) is 0 Å². The molecule has 3 heteroatoms. The normalized spacial score (nSPS) is 8.75. The molecule has 0 aliphatic heterocycles. The van der Waals surface area contributed by atoms with Crippen LogP contribution in [0.4, 0.5) is 0 Å². The minimum atomic E-state index is 0.368. The molecule has 0 saturated carbocycles. The van der Waals surface area contributed by atoms with Gasteiger partial charge >= 0.3 is 0 Å². The zero-order chi connectivity index (χ0) is 8.97. The van der Waals surface area contributed by atoms with Gasteiger partial charge in [-0.15, -0.1) is 0 Å². The standard InChI is InChI=1S/C9H6ClNO/c1-7(11-6-12)8-3-2-4-9(10)5-8/h2-5H,1H2. The summed E-state index contributed by atoms with van der Waals surface area (Å²) in [6.45, 7) is 3.57. The van der Waals surface area contributed by atoms with Crippen molar-refractivity contribution >= 4 is 23.4 Å². The Morgan fingerprint density at radius 2 is 2.33 bits per heavy atom. The van der Waals surface area contributed by atoms with Crippen molar-refractivity contribution in [1.29, 1.82) is 0 Å². The smallest absolute Gasteiger partial charge is 0.211 e. The summed E-state index contributed by atoms with van der Waals surface area (Å²) in [7, 11) is 0. The van der Waals surface area contributed by atoms with Crippen LogP contribution < -0.4 is 0 Å². The second-order valence-corrected chi connectivity index (χ2v) is 2.60. The summed E-state index contributed by atoms with van der Waals surface area (Å²) in [6.07, 6.45) is 1.42. The lowest BCUT2D eigenvalue weighted by Gasteiger charge is -1.97. The molecule has 1 aromatic carbocycles. The maximum Gasteiger partial charge on any atom is 0.240 e. The van der Waals surface area contributed by atoms with Crippen LogP contribution in [0, 0.1) is 0 Å². The van der Waals surface area contributed by atoms with Crippen LogP contribution in [0.2, 0.25) is 5.02 Å². The molecular weight excluding hydrogens is 174 g/mol. The maximum atomic E-state index is 9.89. The molecule has 0 saturated heterocycles. The van der Waals surface area contributed by atoms with E-state index in [2.05, 4.69) is 11.6 Å². The van der Waals surface area contributed by atoms with Gasteiger partial charge in [-0.2, -0.15) is 4.99 Å². The van der Waals surface area contributed by atoms with E-state index in [0.29, 0.717) is 10.7 Å². The first-order chi connectivity index (χ1) is 5.74. The fourth-order valence-corrected chi connectivity index (χ4v) is 0.978. The van der Waals surface area contributed by atoms with Crippen LogP contribution >= 0.6 is 11.6 Å². The molecule has 1 aromatic rings. The zero-order valence-electron chi connectivity index (χ0n) is 6.25. The molecule has 0 radical (unpaired) electrons. The summed E-state index contributed by atoms with van der Waals surface area (Å²) in [5.74, 6) is 0. The van der Waals surface area contributed by atoms with Gasteiger partial charge in [0.25, 0.3) is 0 Å². The predicted octanol–water partition coefficient (Wildman–Crippen LogP) is 2.65. The molecule has 0 spiro atoms. The number of isocyanates is 1. The number of hydrogen-bond acceptors (Lipinski definition) is 2. The van der Waals surface area contributed by atoms with Crippen LogP contribution in [0.5, 0.6) is 0 Å². The highest BCUT2D eigenvalue weighted by atomic mass is 35.5. The highest BCUT2D eigenvalue weighted by molar-refractivity contribution is 6.30. The van der Waals surface area contributed by atoms with Crippen molar-refractivity contribution in [3.05, 3.63) is 41.4 Å². The molecule has 0 aromatic heterocycles. The Labute approximate surface area is 75.2 Å². The van der Waals surface area contributed by atoms with Crippen molar-refractivity contribution in [3.63, 3.8) is 0 Å². The first-order valence-corrected chi connectivity index (χ1v) is 3.64. The summed E-state index contributed by atoms with van der Waals surface area (Å²) in [5.41, 5.74) is 1.10. The van der Waals surface area contributed by atoms with E-state index >= 15 is 0 Å². The Kier molecular flexibility index (Phi) is 2.81. The molecule has 0 aliphatic rings. The van der Waals surface area contributed by atoms with Crippen molar-refractivity contribution in [3.8, 4) is 0 Å². The summed E-state index contributed by atoms with van der Waals surface area (Å²) in [6, 6.07) is 6.96. The highest BCUT2D eigenvalue weighted by Gasteiger charge is 1.96. The van der Waals surface area contributed by atoms with Gasteiger partial charge in [0.15, 0.2) is 0 Å². The predicted molar refractivity (Wildman–Crippen MR) is 48.6 cm³/mol. The van der Waals surface area contributed by atoms with Gasteiger partial charge in [0.2, 0.25) is 6.08 Å². The zero-order valence-corrected chi connectivity index (χ0v) is 7.01. The summed E-state index contributed by atoms with van der Waals surface area (Å²) in [4.78, 5) is 13.3. The Bertz CT molecular complexity index is 353. The van der Waals surface area contributed by atoms with E-state index in [9.17, 15) is 4.79 Å². The van der Waals surface area contributed by atoms with Gasteiger partial charge in [0.05, 0.1) is 5.70 Å². The van der Waals surface area contributed by atoms with Crippen molar-refractivity contribution in [2.24, 2.45) is 4.99 Å². The average Bonchev–Trinajstić information content (AvgIpc) is 2.05. The van der Waals surface area contributed by atoms with Crippen molar-refractivity contribution < 1.29 is 4.79 Å². The number of hydrogen-bond donors (Lipinski definition) is 0. The van der Waals surface area contributed by atoms with Gasteiger partial charge in [0, 0.05) is 10.6 Å². The van der Waals surface area contributed by atoms with Gasteiger partial charge in [0.1, 0.15) is 0 Å². The van der Waals surface area contributed by atoms with Gasteiger partial charge in [-0.05, 0) is 12.1 Å². The van der Waals surface area contributed by atoms with Crippen molar-refractivity contribution in [1.82, 2.24) is 0 Å². The van der Waals surface area contributed by atoms with Crippen LogP contribution in [0.25, 0.3) is 5.70 Å². The first-order valence-electron chi connectivity index (χ1n) is 3.27. The van der Waals surface area contributed by atoms with Gasteiger partial charge in [-0.3, -0.25) is 0 Å². The molecular formula is C9H6ClNO. The van der Waals surface area contributed by atoms with Crippen LogP contribution in [0.1, 0.15) is 5.56 Å². The molecule has 2 nitrogen and oxygen atoms in total. The van der Waals surface area contributed by atoms with Crippen LogP contribution in [-0.4, -0.2) is 6.08 Å². The number of halogens is 1. The third-order valence-corrected chi connectivity index (χ3v) is 1.57. The Morgan fingerprint density at radius 1 is 1.58 bits per heavy atom. The average molecular weight is 180 g/mol. The second kappa shape index (κ2) is 3.86. The summed E-state index contributed by atoms with van der Waals surface area (Å²) < 4.78 is 0. The second-order valence-electron chi connectivity index (χ2n) is 2.16. The molecule has 0 unspecified atom stereocenters. The van der Waals surface area contributed by atoms with Crippen LogP contribution in [0.3, 0.4) is 0 Å². The van der Waals surface area contributed by atoms with E-state index in [4.69, 9.17) is 11.6 Å². The fraction of sp³-hybridized carbons (Fsp3) is 0. The number of carbonyl (C=O) groups excluding carboxylic acids is 1. The number of benzene rings is 1. The monoisotopic (exact) mass is 179 g/mol. The number of aliphatic imine (C=N–C) groups is 1. The molecule has 0 heterocycles. The molecule has 1 rings (SSSR count). The molecule has 0 N–H and O–H groups in total. The molecule has 0 bridgehead atoms. The van der Waals surface area contributed by atoms with E-state index in [1.54, 1.807) is 24.3 Å². The highest BCUT2D eigenvalue weighted by Crippen LogP contribution is 2.17. The first kappa shape index (κ1) is 8.72. The lowest BCUT2D eigenvalue weighted by molar-refractivity contribution is 0.565. The van der Waals surface area contributed by atoms with Gasteiger partial charge < -0.3 is 0 Å². The SMILES string of the molecule is C=C(N=C=O)c1cccc(Cl)c1. The summed E-state index contributed by atoms with van der Waals surface area (Å²) >= 11 is 5.71. The van der Waals surface area contributed by atoms with E-state index < -0.39 is 0 Å². The van der Waals surface area contributed by atoms with E-state index in [-0.39, 0.29) is 0 Å². The van der Waals surface area contributed by atoms with Crippen LogP contribution in [-0.2, 0) is 4.79 Å². The molecule has 0 atom stereocenters. The van der Waals surface area contributed by atoms with E-state index in [1.165, 1.54) is 6.08 Å². The largest absolute Gasteiger partial charge is 0.240 e. The number of rotatable bonds is 2. The molecule has 0 fully saturated rings. The Hall–Kier alpha value is -1.37. The van der Waals surface area contributed by atoms with E-state index in [0.717, 1.165) is 5.56 Å². The van der Waals surface area contributed by atoms with Gasteiger partial charge in [-0.25, -0.2) is 4.79 Å². The fourth-order valence-electron chi connectivity index (χ4n) is 0.788. The van der Waals surface area contributed by atoms with Crippen molar-refractivity contribution in [2.75, 3.05) is 0 Å². The Morgan fingerprint density at radius 3 is 2.92 bits per heavy atom. The number of nitrogens with zero attached hydrogens (tertiary/aromatic N) is 1. The topological polar surface area (TPSA) is 29.4 Å². The quantitative estimate of drug-likeness (QED) is 0.507. The summed E-state index contributed by atoms with van der Waals surface area (Å²) in [5, 5.41) is 0.592. The molecule has 0 aliphatic carbocycles. The van der Waals surface area contributed by atoms with Crippen LogP contribution in [0.15, 0.2) is 35.8 Å². The third kappa shape index (κ3) is 2.06. The minimum absolute atomic E-state index is 0.368.